The molecule has 2 rings (SSSR count). The Morgan fingerprint density at radius 2 is 1.90 bits per heavy atom. The Bertz CT molecular complexity index is 491. The van der Waals surface area contributed by atoms with E-state index in [9.17, 15) is 4.79 Å². The zero-order valence-electron chi connectivity index (χ0n) is 13.9. The van der Waals surface area contributed by atoms with Gasteiger partial charge in [0.05, 0.1) is 12.3 Å². The van der Waals surface area contributed by atoms with Crippen molar-refractivity contribution in [2.45, 2.75) is 66.2 Å². The summed E-state index contributed by atoms with van der Waals surface area (Å²) >= 11 is 0. The van der Waals surface area contributed by atoms with E-state index in [1.165, 1.54) is 12.8 Å². The molecule has 0 radical (unpaired) electrons. The Morgan fingerprint density at radius 3 is 2.43 bits per heavy atom. The highest BCUT2D eigenvalue weighted by atomic mass is 16.5. The van der Waals surface area contributed by atoms with Gasteiger partial charge in [0, 0.05) is 5.92 Å². The third kappa shape index (κ3) is 3.66. The Kier molecular flexibility index (Phi) is 4.74. The van der Waals surface area contributed by atoms with E-state index in [2.05, 4.69) is 25.8 Å². The molecule has 1 saturated carbocycles. The fourth-order valence-corrected chi connectivity index (χ4v) is 3.18. The second-order valence-corrected chi connectivity index (χ2v) is 7.10. The second-order valence-electron chi connectivity index (χ2n) is 7.10. The van der Waals surface area contributed by atoms with Crippen LogP contribution in [-0.4, -0.2) is 17.6 Å². The molecule has 0 bridgehead atoms. The van der Waals surface area contributed by atoms with Crippen LogP contribution in [0, 0.1) is 18.3 Å². The van der Waals surface area contributed by atoms with E-state index in [-0.39, 0.29) is 5.76 Å². The maximum absolute atomic E-state index is 11.8. The van der Waals surface area contributed by atoms with Gasteiger partial charge in [-0.25, -0.2) is 9.78 Å². The first-order valence-corrected chi connectivity index (χ1v) is 7.97. The number of rotatable bonds is 3. The number of esters is 1. The van der Waals surface area contributed by atoms with Crippen LogP contribution in [0.25, 0.3) is 0 Å². The molecule has 21 heavy (non-hydrogen) atoms. The number of ether oxygens (including phenoxy) is 1. The predicted octanol–water partition coefficient (Wildman–Crippen LogP) is 4.48. The van der Waals surface area contributed by atoms with Crippen molar-refractivity contribution in [3.05, 3.63) is 17.3 Å². The van der Waals surface area contributed by atoms with E-state index >= 15 is 0 Å². The van der Waals surface area contributed by atoms with E-state index in [1.54, 1.807) is 13.8 Å². The molecule has 4 nitrogen and oxygen atoms in total. The van der Waals surface area contributed by atoms with Crippen molar-refractivity contribution in [3.8, 4) is 0 Å². The largest absolute Gasteiger partial charge is 0.460 e. The number of aryl methyl sites for hydroxylation is 1. The maximum atomic E-state index is 11.8. The normalized spacial score (nSPS) is 23.1. The van der Waals surface area contributed by atoms with Crippen LogP contribution < -0.4 is 0 Å². The lowest BCUT2D eigenvalue weighted by atomic mass is 9.70. The van der Waals surface area contributed by atoms with Gasteiger partial charge in [-0.05, 0) is 50.9 Å². The lowest BCUT2D eigenvalue weighted by Crippen LogP contribution is -2.25. The van der Waals surface area contributed by atoms with Gasteiger partial charge in [0.2, 0.25) is 5.76 Å². The average Bonchev–Trinajstić information content (AvgIpc) is 2.80. The van der Waals surface area contributed by atoms with Gasteiger partial charge in [-0.2, -0.15) is 0 Å². The molecule has 0 N–H and O–H groups in total. The number of carbonyl (C=O) groups excluding carboxylic acids is 1. The highest BCUT2D eigenvalue weighted by molar-refractivity contribution is 5.87. The number of hydrogen-bond acceptors (Lipinski definition) is 4. The van der Waals surface area contributed by atoms with Crippen LogP contribution >= 0.6 is 0 Å². The summed E-state index contributed by atoms with van der Waals surface area (Å²) in [6, 6.07) is 0. The van der Waals surface area contributed by atoms with Crippen LogP contribution in [0.5, 0.6) is 0 Å². The van der Waals surface area contributed by atoms with Gasteiger partial charge < -0.3 is 9.15 Å². The molecule has 1 fully saturated rings. The van der Waals surface area contributed by atoms with Crippen molar-refractivity contribution in [2.24, 2.45) is 11.3 Å². The molecular formula is C17H27NO3. The number of carbonyl (C=O) groups is 1. The molecule has 0 atom stereocenters. The van der Waals surface area contributed by atoms with Crippen molar-refractivity contribution in [1.29, 1.82) is 0 Å². The zero-order chi connectivity index (χ0) is 15.6. The molecule has 118 valence electrons. The SMILES string of the molecule is CCOC(=O)c1oc(C2CCC(C(C)(C)C)CC2)nc1C. The minimum absolute atomic E-state index is 0.268. The van der Waals surface area contributed by atoms with Gasteiger partial charge in [0.25, 0.3) is 0 Å². The van der Waals surface area contributed by atoms with Crippen LogP contribution in [-0.2, 0) is 4.74 Å². The van der Waals surface area contributed by atoms with Gasteiger partial charge in [0.1, 0.15) is 0 Å². The minimum Gasteiger partial charge on any atom is -0.460 e. The van der Waals surface area contributed by atoms with E-state index < -0.39 is 5.97 Å². The third-order valence-electron chi connectivity index (χ3n) is 4.58. The molecule has 0 aromatic carbocycles. The molecule has 1 aliphatic rings. The Hall–Kier alpha value is -1.32. The monoisotopic (exact) mass is 293 g/mol. The molecule has 0 amide bonds. The predicted molar refractivity (Wildman–Crippen MR) is 81.4 cm³/mol. The molecule has 4 heteroatoms. The van der Waals surface area contributed by atoms with Crippen molar-refractivity contribution in [2.75, 3.05) is 6.61 Å². The summed E-state index contributed by atoms with van der Waals surface area (Å²) in [4.78, 5) is 16.2. The van der Waals surface area contributed by atoms with E-state index in [0.717, 1.165) is 18.8 Å². The molecule has 0 spiro atoms. The van der Waals surface area contributed by atoms with Gasteiger partial charge >= 0.3 is 5.97 Å². The summed E-state index contributed by atoms with van der Waals surface area (Å²) in [6.07, 6.45) is 4.57. The van der Waals surface area contributed by atoms with Gasteiger partial charge in [-0.3, -0.25) is 0 Å². The van der Waals surface area contributed by atoms with Gasteiger partial charge in [0.15, 0.2) is 5.89 Å². The fraction of sp³-hybridized carbons (Fsp3) is 0.765. The first kappa shape index (κ1) is 16.1. The molecule has 1 aromatic heterocycles. The van der Waals surface area contributed by atoms with E-state index in [4.69, 9.17) is 9.15 Å². The lowest BCUT2D eigenvalue weighted by Gasteiger charge is -2.36. The van der Waals surface area contributed by atoms with Crippen LogP contribution in [0.15, 0.2) is 4.42 Å². The second kappa shape index (κ2) is 6.20. The smallest absolute Gasteiger partial charge is 0.376 e. The lowest BCUT2D eigenvalue weighted by molar-refractivity contribution is 0.0485. The number of nitrogens with zero attached hydrogens (tertiary/aromatic N) is 1. The number of hydrogen-bond donors (Lipinski definition) is 0. The van der Waals surface area contributed by atoms with Crippen LogP contribution in [0.3, 0.4) is 0 Å². The standard InChI is InChI=1S/C17H27NO3/c1-6-20-16(19)14-11(2)18-15(21-14)12-7-9-13(10-8-12)17(3,4)5/h12-13H,6-10H2,1-5H3. The quantitative estimate of drug-likeness (QED) is 0.771. The third-order valence-corrected chi connectivity index (χ3v) is 4.58. The van der Waals surface area contributed by atoms with Crippen LogP contribution in [0.2, 0.25) is 0 Å². The molecule has 0 aliphatic heterocycles. The summed E-state index contributed by atoms with van der Waals surface area (Å²) < 4.78 is 10.7. The zero-order valence-corrected chi connectivity index (χ0v) is 13.9. The van der Waals surface area contributed by atoms with E-state index in [0.29, 0.717) is 29.5 Å². The van der Waals surface area contributed by atoms with Crippen LogP contribution in [0.4, 0.5) is 0 Å². The Balaban J connectivity index is 2.04. The van der Waals surface area contributed by atoms with Crippen molar-refractivity contribution in [3.63, 3.8) is 0 Å². The highest BCUT2D eigenvalue weighted by Crippen LogP contribution is 2.43. The van der Waals surface area contributed by atoms with Gasteiger partial charge in [-0.1, -0.05) is 20.8 Å². The first-order chi connectivity index (χ1) is 9.82. The highest BCUT2D eigenvalue weighted by Gasteiger charge is 2.32. The summed E-state index contributed by atoms with van der Waals surface area (Å²) in [5.41, 5.74) is 1.01. The summed E-state index contributed by atoms with van der Waals surface area (Å²) in [7, 11) is 0. The molecule has 1 aliphatic carbocycles. The van der Waals surface area contributed by atoms with E-state index in [1.807, 2.05) is 0 Å². The topological polar surface area (TPSA) is 52.3 Å². The minimum atomic E-state index is -0.405. The van der Waals surface area contributed by atoms with Gasteiger partial charge in [-0.15, -0.1) is 0 Å². The number of aromatic nitrogens is 1. The molecule has 0 unspecified atom stereocenters. The van der Waals surface area contributed by atoms with Crippen molar-refractivity contribution >= 4 is 5.97 Å². The molecule has 1 heterocycles. The fourth-order valence-electron chi connectivity index (χ4n) is 3.18. The van der Waals surface area contributed by atoms with Crippen molar-refractivity contribution < 1.29 is 13.9 Å². The summed E-state index contributed by atoms with van der Waals surface area (Å²) in [5, 5.41) is 0. The Morgan fingerprint density at radius 1 is 1.29 bits per heavy atom. The first-order valence-electron chi connectivity index (χ1n) is 7.97. The summed E-state index contributed by atoms with van der Waals surface area (Å²) in [6.45, 7) is 10.9. The molecule has 1 aromatic rings. The van der Waals surface area contributed by atoms with Crippen LogP contribution in [0.1, 0.15) is 81.4 Å². The maximum Gasteiger partial charge on any atom is 0.376 e. The Labute approximate surface area is 127 Å². The molecule has 0 saturated heterocycles. The molecular weight excluding hydrogens is 266 g/mol. The van der Waals surface area contributed by atoms with Crippen molar-refractivity contribution in [1.82, 2.24) is 4.98 Å². The number of oxazole rings is 1. The average molecular weight is 293 g/mol. The summed E-state index contributed by atoms with van der Waals surface area (Å²) in [5.74, 6) is 1.67.